The lowest BCUT2D eigenvalue weighted by Crippen LogP contribution is -2.19. The number of methoxy groups -OCH3 is 1. The normalized spacial score (nSPS) is 44.6. The zero-order valence-corrected chi connectivity index (χ0v) is 10.5. The van der Waals surface area contributed by atoms with Crippen molar-refractivity contribution in [3.05, 3.63) is 0 Å². The molecule has 0 aromatic heterocycles. The van der Waals surface area contributed by atoms with Crippen LogP contribution in [0.2, 0.25) is 0 Å². The Bertz CT molecular complexity index is 202. The molecule has 2 fully saturated rings. The highest BCUT2D eigenvalue weighted by molar-refractivity contribution is 4.97. The topological polar surface area (TPSA) is 9.23 Å². The fourth-order valence-electron chi connectivity index (χ4n) is 4.23. The molecule has 1 nitrogen and oxygen atoms in total. The summed E-state index contributed by atoms with van der Waals surface area (Å²) in [6.07, 6.45) is 9.05. The number of hydrogen-bond acceptors (Lipinski definition) is 1. The highest BCUT2D eigenvalue weighted by atomic mass is 16.5. The Morgan fingerprint density at radius 2 is 2.07 bits per heavy atom. The third-order valence-corrected chi connectivity index (χ3v) is 4.88. The van der Waals surface area contributed by atoms with E-state index < -0.39 is 0 Å². The predicted octanol–water partition coefficient (Wildman–Crippen LogP) is 3.87. The molecule has 0 saturated heterocycles. The number of fused-ring (bicyclic) bond motifs is 1. The van der Waals surface area contributed by atoms with Gasteiger partial charge in [-0.05, 0) is 42.9 Å². The van der Waals surface area contributed by atoms with Crippen LogP contribution in [0.25, 0.3) is 0 Å². The van der Waals surface area contributed by atoms with E-state index in [1.807, 2.05) is 7.11 Å². The van der Waals surface area contributed by atoms with Crippen LogP contribution in [0.5, 0.6) is 0 Å². The zero-order chi connectivity index (χ0) is 10.8. The van der Waals surface area contributed by atoms with Crippen LogP contribution >= 0.6 is 0 Å². The SMILES string of the molecule is CCCCC1CCC2C(OC)CC(C)C12. The van der Waals surface area contributed by atoms with Gasteiger partial charge in [0.1, 0.15) is 0 Å². The molecule has 0 aromatic rings. The Morgan fingerprint density at radius 1 is 1.27 bits per heavy atom. The molecule has 5 unspecified atom stereocenters. The molecule has 15 heavy (non-hydrogen) atoms. The van der Waals surface area contributed by atoms with Gasteiger partial charge in [0.05, 0.1) is 6.10 Å². The molecule has 0 N–H and O–H groups in total. The summed E-state index contributed by atoms with van der Waals surface area (Å²) in [6.45, 7) is 4.75. The molecule has 0 aromatic carbocycles. The first-order valence-electron chi connectivity index (χ1n) is 6.80. The van der Waals surface area contributed by atoms with Crippen LogP contribution < -0.4 is 0 Å². The Hall–Kier alpha value is -0.0400. The van der Waals surface area contributed by atoms with Crippen LogP contribution in [-0.4, -0.2) is 13.2 Å². The summed E-state index contributed by atoms with van der Waals surface area (Å²) in [4.78, 5) is 0. The lowest BCUT2D eigenvalue weighted by Gasteiger charge is -2.23. The van der Waals surface area contributed by atoms with E-state index in [0.29, 0.717) is 6.10 Å². The highest BCUT2D eigenvalue weighted by Crippen LogP contribution is 2.52. The Labute approximate surface area is 94.6 Å². The average Bonchev–Trinajstić information content (AvgIpc) is 2.77. The van der Waals surface area contributed by atoms with E-state index in [1.165, 1.54) is 38.5 Å². The first-order valence-corrected chi connectivity index (χ1v) is 6.80. The summed E-state index contributed by atoms with van der Waals surface area (Å²) < 4.78 is 5.65. The van der Waals surface area contributed by atoms with Crippen molar-refractivity contribution in [3.8, 4) is 0 Å². The quantitative estimate of drug-likeness (QED) is 0.684. The van der Waals surface area contributed by atoms with Crippen molar-refractivity contribution >= 4 is 0 Å². The molecule has 88 valence electrons. The summed E-state index contributed by atoms with van der Waals surface area (Å²) in [6, 6.07) is 0. The van der Waals surface area contributed by atoms with Crippen LogP contribution in [-0.2, 0) is 4.74 Å². The van der Waals surface area contributed by atoms with Crippen molar-refractivity contribution in [3.63, 3.8) is 0 Å². The molecular weight excluding hydrogens is 184 g/mol. The summed E-state index contributed by atoms with van der Waals surface area (Å²) in [5.74, 6) is 3.81. The second-order valence-corrected chi connectivity index (χ2v) is 5.71. The summed E-state index contributed by atoms with van der Waals surface area (Å²) in [7, 11) is 1.90. The van der Waals surface area contributed by atoms with Crippen molar-refractivity contribution in [2.24, 2.45) is 23.7 Å². The second-order valence-electron chi connectivity index (χ2n) is 5.71. The minimum Gasteiger partial charge on any atom is -0.381 e. The molecule has 0 spiro atoms. The van der Waals surface area contributed by atoms with E-state index in [2.05, 4.69) is 13.8 Å². The van der Waals surface area contributed by atoms with Gasteiger partial charge in [-0.3, -0.25) is 0 Å². The van der Waals surface area contributed by atoms with E-state index in [0.717, 1.165) is 23.7 Å². The van der Waals surface area contributed by atoms with Gasteiger partial charge in [0.15, 0.2) is 0 Å². The average molecular weight is 210 g/mol. The third-order valence-electron chi connectivity index (χ3n) is 4.88. The first kappa shape index (κ1) is 11.4. The molecule has 2 saturated carbocycles. The molecule has 0 radical (unpaired) electrons. The molecule has 2 aliphatic rings. The van der Waals surface area contributed by atoms with Gasteiger partial charge in [-0.2, -0.15) is 0 Å². The Balaban J connectivity index is 1.96. The van der Waals surface area contributed by atoms with Crippen LogP contribution in [0.15, 0.2) is 0 Å². The van der Waals surface area contributed by atoms with Gasteiger partial charge >= 0.3 is 0 Å². The molecule has 0 aliphatic heterocycles. The largest absolute Gasteiger partial charge is 0.381 e. The minimum absolute atomic E-state index is 0.580. The van der Waals surface area contributed by atoms with Gasteiger partial charge in [0.25, 0.3) is 0 Å². The molecule has 0 bridgehead atoms. The first-order chi connectivity index (χ1) is 7.27. The molecule has 2 aliphatic carbocycles. The standard InChI is InChI=1S/C14H26O/c1-4-5-6-11-7-8-12-13(15-3)9-10(2)14(11)12/h10-14H,4-9H2,1-3H3. The minimum atomic E-state index is 0.580. The van der Waals surface area contributed by atoms with Crippen LogP contribution in [0.1, 0.15) is 52.4 Å². The van der Waals surface area contributed by atoms with Gasteiger partial charge in [-0.1, -0.05) is 33.1 Å². The van der Waals surface area contributed by atoms with Crippen molar-refractivity contribution in [2.75, 3.05) is 7.11 Å². The third kappa shape index (κ3) is 2.08. The Kier molecular flexibility index (Phi) is 3.71. The summed E-state index contributed by atoms with van der Waals surface area (Å²) in [5, 5.41) is 0. The van der Waals surface area contributed by atoms with Gasteiger partial charge in [0, 0.05) is 7.11 Å². The van der Waals surface area contributed by atoms with Crippen LogP contribution in [0.4, 0.5) is 0 Å². The maximum Gasteiger partial charge on any atom is 0.0605 e. The van der Waals surface area contributed by atoms with E-state index in [-0.39, 0.29) is 0 Å². The molecular formula is C14H26O. The number of hydrogen-bond donors (Lipinski definition) is 0. The van der Waals surface area contributed by atoms with Gasteiger partial charge in [-0.25, -0.2) is 0 Å². The fraction of sp³-hybridized carbons (Fsp3) is 1.00. The van der Waals surface area contributed by atoms with Crippen LogP contribution in [0.3, 0.4) is 0 Å². The molecule has 5 atom stereocenters. The maximum atomic E-state index is 5.65. The van der Waals surface area contributed by atoms with E-state index >= 15 is 0 Å². The molecule has 0 amide bonds. The summed E-state index contributed by atoms with van der Waals surface area (Å²) >= 11 is 0. The molecule has 2 rings (SSSR count). The van der Waals surface area contributed by atoms with Gasteiger partial charge in [-0.15, -0.1) is 0 Å². The predicted molar refractivity (Wildman–Crippen MR) is 63.8 cm³/mol. The molecule has 0 heterocycles. The second kappa shape index (κ2) is 4.86. The summed E-state index contributed by atoms with van der Waals surface area (Å²) in [5.41, 5.74) is 0. The number of unbranched alkanes of at least 4 members (excludes halogenated alkanes) is 1. The Morgan fingerprint density at radius 3 is 2.73 bits per heavy atom. The van der Waals surface area contributed by atoms with E-state index in [1.54, 1.807) is 0 Å². The van der Waals surface area contributed by atoms with Gasteiger partial charge in [0.2, 0.25) is 0 Å². The van der Waals surface area contributed by atoms with Crippen LogP contribution in [0, 0.1) is 23.7 Å². The number of ether oxygens (including phenoxy) is 1. The van der Waals surface area contributed by atoms with Gasteiger partial charge < -0.3 is 4.74 Å². The van der Waals surface area contributed by atoms with Crippen molar-refractivity contribution in [1.29, 1.82) is 0 Å². The number of rotatable bonds is 4. The van der Waals surface area contributed by atoms with E-state index in [4.69, 9.17) is 4.74 Å². The zero-order valence-electron chi connectivity index (χ0n) is 10.5. The van der Waals surface area contributed by atoms with Crippen molar-refractivity contribution in [1.82, 2.24) is 0 Å². The smallest absolute Gasteiger partial charge is 0.0605 e. The molecule has 1 heteroatoms. The van der Waals surface area contributed by atoms with Crippen molar-refractivity contribution < 1.29 is 4.74 Å². The van der Waals surface area contributed by atoms with Crippen molar-refractivity contribution in [2.45, 2.75) is 58.5 Å². The monoisotopic (exact) mass is 210 g/mol. The lowest BCUT2D eigenvalue weighted by molar-refractivity contribution is 0.0651. The lowest BCUT2D eigenvalue weighted by atomic mass is 9.83. The van der Waals surface area contributed by atoms with E-state index in [9.17, 15) is 0 Å². The maximum absolute atomic E-state index is 5.65. The highest BCUT2D eigenvalue weighted by Gasteiger charge is 2.48. The fourth-order valence-corrected chi connectivity index (χ4v) is 4.23.